The van der Waals surface area contributed by atoms with E-state index in [4.69, 9.17) is 0 Å². The Bertz CT molecular complexity index is 1180. The fourth-order valence-electron chi connectivity index (χ4n) is 3.36. The number of nitrogens with zero attached hydrogens (tertiary/aromatic N) is 4. The smallest absolute Gasteiger partial charge is 0.240 e. The number of aromatic amines is 1. The van der Waals surface area contributed by atoms with Gasteiger partial charge in [0, 0.05) is 47.0 Å². The summed E-state index contributed by atoms with van der Waals surface area (Å²) in [5, 5.41) is 10.7. The number of rotatable bonds is 8. The molecule has 3 heterocycles. The summed E-state index contributed by atoms with van der Waals surface area (Å²) in [6, 6.07) is 11.3. The van der Waals surface area contributed by atoms with E-state index in [-0.39, 0.29) is 24.8 Å². The molecule has 3 aromatic heterocycles. The predicted molar refractivity (Wildman–Crippen MR) is 113 cm³/mol. The summed E-state index contributed by atoms with van der Waals surface area (Å²) < 4.78 is 1.82. The van der Waals surface area contributed by atoms with Crippen LogP contribution in [0.2, 0.25) is 0 Å². The van der Waals surface area contributed by atoms with Crippen LogP contribution in [0.5, 0.6) is 0 Å². The summed E-state index contributed by atoms with van der Waals surface area (Å²) in [5.41, 5.74) is 2.38. The SMILES string of the molecule is CCCC(=O)c1cn(CC(=O)NCc2nc(-c3ccncc3)n[nH]2)c2ccccc12. The molecule has 0 saturated carbocycles. The lowest BCUT2D eigenvalue weighted by atomic mass is 10.1. The molecule has 0 bridgehead atoms. The second kappa shape index (κ2) is 8.69. The lowest BCUT2D eigenvalue weighted by Gasteiger charge is -2.06. The highest BCUT2D eigenvalue weighted by atomic mass is 16.2. The topological polar surface area (TPSA) is 106 Å². The van der Waals surface area contributed by atoms with Gasteiger partial charge in [0.2, 0.25) is 5.91 Å². The number of aromatic nitrogens is 5. The van der Waals surface area contributed by atoms with Crippen molar-refractivity contribution in [2.75, 3.05) is 0 Å². The van der Waals surface area contributed by atoms with Crippen LogP contribution >= 0.6 is 0 Å². The van der Waals surface area contributed by atoms with Crippen molar-refractivity contribution in [3.05, 3.63) is 66.4 Å². The summed E-state index contributed by atoms with van der Waals surface area (Å²) in [5.74, 6) is 1.04. The number of ketones is 1. The van der Waals surface area contributed by atoms with E-state index in [1.807, 2.05) is 47.9 Å². The fraction of sp³-hybridized carbons (Fsp3) is 0.227. The number of amides is 1. The van der Waals surface area contributed by atoms with Crippen molar-refractivity contribution in [2.45, 2.75) is 32.9 Å². The molecule has 0 atom stereocenters. The summed E-state index contributed by atoms with van der Waals surface area (Å²) in [6.45, 7) is 2.33. The molecule has 8 heteroatoms. The van der Waals surface area contributed by atoms with Crippen LogP contribution in [0, 0.1) is 0 Å². The molecule has 0 aliphatic carbocycles. The maximum Gasteiger partial charge on any atom is 0.240 e. The monoisotopic (exact) mass is 402 g/mol. The number of H-pyrrole nitrogens is 1. The van der Waals surface area contributed by atoms with Crippen molar-refractivity contribution in [2.24, 2.45) is 0 Å². The van der Waals surface area contributed by atoms with E-state index in [1.54, 1.807) is 18.6 Å². The first kappa shape index (κ1) is 19.5. The highest BCUT2D eigenvalue weighted by molar-refractivity contribution is 6.08. The van der Waals surface area contributed by atoms with E-state index in [0.717, 1.165) is 22.9 Å². The van der Waals surface area contributed by atoms with E-state index in [0.29, 0.717) is 23.6 Å². The number of hydrogen-bond acceptors (Lipinski definition) is 5. The average Bonchev–Trinajstić information content (AvgIpc) is 3.39. The Morgan fingerprint density at radius 1 is 1.13 bits per heavy atom. The molecule has 1 aromatic carbocycles. The molecule has 0 fully saturated rings. The van der Waals surface area contributed by atoms with Gasteiger partial charge in [0.05, 0.1) is 6.54 Å². The number of carbonyl (C=O) groups excluding carboxylic acids is 2. The van der Waals surface area contributed by atoms with Crippen molar-refractivity contribution >= 4 is 22.6 Å². The highest BCUT2D eigenvalue weighted by Crippen LogP contribution is 2.23. The van der Waals surface area contributed by atoms with Crippen LogP contribution in [0.4, 0.5) is 0 Å². The Morgan fingerprint density at radius 3 is 2.73 bits per heavy atom. The van der Waals surface area contributed by atoms with Gasteiger partial charge in [-0.25, -0.2) is 4.98 Å². The van der Waals surface area contributed by atoms with Crippen LogP contribution < -0.4 is 5.32 Å². The van der Waals surface area contributed by atoms with Gasteiger partial charge in [-0.05, 0) is 24.6 Å². The van der Waals surface area contributed by atoms with Gasteiger partial charge >= 0.3 is 0 Å². The molecular weight excluding hydrogens is 380 g/mol. The van der Waals surface area contributed by atoms with Gasteiger partial charge in [-0.2, -0.15) is 5.10 Å². The molecular formula is C22H22N6O2. The van der Waals surface area contributed by atoms with Crippen molar-refractivity contribution in [1.82, 2.24) is 30.0 Å². The maximum atomic E-state index is 12.5. The van der Waals surface area contributed by atoms with Crippen LogP contribution in [0.3, 0.4) is 0 Å². The van der Waals surface area contributed by atoms with Gasteiger partial charge in [0.1, 0.15) is 12.4 Å². The third kappa shape index (κ3) is 4.12. The molecule has 152 valence electrons. The molecule has 30 heavy (non-hydrogen) atoms. The predicted octanol–water partition coefficient (Wildman–Crippen LogP) is 3.12. The molecule has 0 radical (unpaired) electrons. The van der Waals surface area contributed by atoms with Gasteiger partial charge in [0.15, 0.2) is 11.6 Å². The highest BCUT2D eigenvalue weighted by Gasteiger charge is 2.16. The first-order valence-electron chi connectivity index (χ1n) is 9.85. The van der Waals surface area contributed by atoms with E-state index in [9.17, 15) is 9.59 Å². The molecule has 4 aromatic rings. The Morgan fingerprint density at radius 2 is 1.93 bits per heavy atom. The Labute approximate surface area is 173 Å². The van der Waals surface area contributed by atoms with E-state index >= 15 is 0 Å². The summed E-state index contributed by atoms with van der Waals surface area (Å²) in [7, 11) is 0. The fourth-order valence-corrected chi connectivity index (χ4v) is 3.36. The molecule has 8 nitrogen and oxygen atoms in total. The van der Waals surface area contributed by atoms with Gasteiger partial charge < -0.3 is 9.88 Å². The zero-order valence-corrected chi connectivity index (χ0v) is 16.6. The summed E-state index contributed by atoms with van der Waals surface area (Å²) >= 11 is 0. The van der Waals surface area contributed by atoms with E-state index in [1.165, 1.54) is 0 Å². The van der Waals surface area contributed by atoms with Gasteiger partial charge in [0.25, 0.3) is 0 Å². The lowest BCUT2D eigenvalue weighted by Crippen LogP contribution is -2.27. The first-order valence-corrected chi connectivity index (χ1v) is 9.85. The average molecular weight is 402 g/mol. The number of Topliss-reactive ketones (excluding diaryl/α,β-unsaturated/α-hetero) is 1. The standard InChI is InChI=1S/C22H22N6O2/c1-2-5-19(29)17-13-28(18-7-4-3-6-16(17)18)14-21(30)24-12-20-25-22(27-26-20)15-8-10-23-11-9-15/h3-4,6-11,13H,2,5,12,14H2,1H3,(H,24,30)(H,25,26,27). The van der Waals surface area contributed by atoms with Crippen LogP contribution in [0.25, 0.3) is 22.3 Å². The van der Waals surface area contributed by atoms with Crippen molar-refractivity contribution in [3.63, 3.8) is 0 Å². The molecule has 0 spiro atoms. The van der Waals surface area contributed by atoms with Gasteiger partial charge in [-0.1, -0.05) is 25.1 Å². The van der Waals surface area contributed by atoms with Crippen LogP contribution in [-0.4, -0.2) is 36.4 Å². The Hall–Kier alpha value is -3.81. The number of benzene rings is 1. The van der Waals surface area contributed by atoms with Crippen LogP contribution in [-0.2, 0) is 17.9 Å². The Balaban J connectivity index is 1.44. The lowest BCUT2D eigenvalue weighted by molar-refractivity contribution is -0.121. The molecule has 0 saturated heterocycles. The van der Waals surface area contributed by atoms with E-state index < -0.39 is 0 Å². The molecule has 2 N–H and O–H groups in total. The normalized spacial score (nSPS) is 11.0. The Kier molecular flexibility index (Phi) is 5.65. The quantitative estimate of drug-likeness (QED) is 0.441. The van der Waals surface area contributed by atoms with Crippen LogP contribution in [0.1, 0.15) is 35.9 Å². The number of nitrogens with one attached hydrogen (secondary N) is 2. The molecule has 1 amide bonds. The summed E-state index contributed by atoms with van der Waals surface area (Å²) in [4.78, 5) is 33.3. The minimum Gasteiger partial charge on any atom is -0.347 e. The molecule has 0 aliphatic rings. The van der Waals surface area contributed by atoms with Crippen molar-refractivity contribution in [3.8, 4) is 11.4 Å². The second-order valence-corrected chi connectivity index (χ2v) is 6.98. The van der Waals surface area contributed by atoms with Gasteiger partial charge in [-0.3, -0.25) is 19.7 Å². The third-order valence-corrected chi connectivity index (χ3v) is 4.80. The number of hydrogen-bond donors (Lipinski definition) is 2. The number of carbonyl (C=O) groups is 2. The third-order valence-electron chi connectivity index (χ3n) is 4.80. The van der Waals surface area contributed by atoms with Gasteiger partial charge in [-0.15, -0.1) is 0 Å². The van der Waals surface area contributed by atoms with E-state index in [2.05, 4.69) is 25.5 Å². The minimum absolute atomic E-state index is 0.0955. The largest absolute Gasteiger partial charge is 0.347 e. The number of pyridine rings is 1. The maximum absolute atomic E-state index is 12.5. The summed E-state index contributed by atoms with van der Waals surface area (Å²) in [6.07, 6.45) is 6.41. The molecule has 4 rings (SSSR count). The zero-order valence-electron chi connectivity index (χ0n) is 16.6. The molecule has 0 unspecified atom stereocenters. The number of para-hydroxylation sites is 1. The molecule has 0 aliphatic heterocycles. The zero-order chi connectivity index (χ0) is 20.9. The first-order chi connectivity index (χ1) is 14.7. The number of fused-ring (bicyclic) bond motifs is 1. The van der Waals surface area contributed by atoms with Crippen molar-refractivity contribution in [1.29, 1.82) is 0 Å². The second-order valence-electron chi connectivity index (χ2n) is 6.98. The minimum atomic E-state index is -0.174. The van der Waals surface area contributed by atoms with Crippen molar-refractivity contribution < 1.29 is 9.59 Å². The van der Waals surface area contributed by atoms with Crippen LogP contribution in [0.15, 0.2) is 55.0 Å².